The second-order valence-corrected chi connectivity index (χ2v) is 5.58. The Labute approximate surface area is 147 Å². The van der Waals surface area contributed by atoms with E-state index in [9.17, 15) is 29.9 Å². The maximum atomic E-state index is 12.2. The molecule has 1 aromatic heterocycles. The Kier molecular flexibility index (Phi) is 5.36. The minimum atomic E-state index is -0.830. The van der Waals surface area contributed by atoms with Crippen molar-refractivity contribution >= 4 is 17.8 Å². The highest BCUT2D eigenvalue weighted by Gasteiger charge is 2.17. The molecule has 0 atom stereocenters. The Hall–Kier alpha value is -3.69. The average molecular weight is 360 g/mol. The van der Waals surface area contributed by atoms with Gasteiger partial charge in [0.25, 0.3) is 11.5 Å². The molecule has 0 aliphatic carbocycles. The zero-order chi connectivity index (χ0) is 19.4. The third-order valence-corrected chi connectivity index (χ3v) is 3.47. The molecule has 1 heterocycles. The molecule has 0 unspecified atom stereocenters. The molecule has 0 aliphatic rings. The number of hydrogen-bond acceptors (Lipinski definition) is 7. The summed E-state index contributed by atoms with van der Waals surface area (Å²) in [6, 6.07) is 4.45. The maximum absolute atomic E-state index is 12.2. The van der Waals surface area contributed by atoms with Crippen molar-refractivity contribution in [3.63, 3.8) is 0 Å². The Morgan fingerprint density at radius 1 is 1.35 bits per heavy atom. The average Bonchev–Trinajstić information content (AvgIpc) is 2.56. The molecule has 2 rings (SSSR count). The van der Waals surface area contributed by atoms with Gasteiger partial charge in [-0.15, -0.1) is 0 Å². The van der Waals surface area contributed by atoms with Gasteiger partial charge in [0.2, 0.25) is 0 Å². The summed E-state index contributed by atoms with van der Waals surface area (Å²) < 4.78 is 1.38. The number of nitrogens with one attached hydrogen (secondary N) is 1. The number of pyridine rings is 1. The molecular weight excluding hydrogens is 344 g/mol. The highest BCUT2D eigenvalue weighted by molar-refractivity contribution is 5.94. The molecule has 136 valence electrons. The zero-order valence-corrected chi connectivity index (χ0v) is 13.9. The highest BCUT2D eigenvalue weighted by atomic mass is 16.6. The smallest absolute Gasteiger partial charge is 0.311 e. The molecule has 0 radical (unpaired) electrons. The summed E-state index contributed by atoms with van der Waals surface area (Å²) in [4.78, 5) is 34.3. The largest absolute Gasteiger partial charge is 0.507 e. The second kappa shape index (κ2) is 7.47. The number of hydrazone groups is 1. The number of carbonyl (C=O) groups is 1. The quantitative estimate of drug-likeness (QED) is 0.418. The molecule has 1 amide bonds. The number of amides is 1. The van der Waals surface area contributed by atoms with Gasteiger partial charge < -0.3 is 14.8 Å². The van der Waals surface area contributed by atoms with Crippen LogP contribution >= 0.6 is 0 Å². The Morgan fingerprint density at radius 2 is 2.04 bits per heavy atom. The van der Waals surface area contributed by atoms with Gasteiger partial charge in [0.1, 0.15) is 11.3 Å². The lowest BCUT2D eigenvalue weighted by atomic mass is 10.2. The van der Waals surface area contributed by atoms with Crippen LogP contribution in [0.2, 0.25) is 0 Å². The number of rotatable bonds is 5. The van der Waals surface area contributed by atoms with E-state index in [0.29, 0.717) is 0 Å². The van der Waals surface area contributed by atoms with Crippen LogP contribution in [0.15, 0.2) is 40.4 Å². The fraction of sp³-hybridized carbons (Fsp3) is 0.188. The number of nitrogens with zero attached hydrogens (tertiary/aromatic N) is 3. The topological polar surface area (TPSA) is 147 Å². The van der Waals surface area contributed by atoms with Crippen molar-refractivity contribution in [2.45, 2.75) is 19.9 Å². The number of nitro groups is 1. The Bertz CT molecular complexity index is 948. The Balaban J connectivity index is 2.23. The lowest BCUT2D eigenvalue weighted by molar-refractivity contribution is -0.385. The standard InChI is InChI=1S/C16H16N4O6/c1-9(2)19-5-3-4-11(16(19)24)15(23)18-17-8-10-6-12(20(25)26)14(22)7-13(10)21/h3-9,21-22H,1-2H3,(H,18,23)/b17-8-. The fourth-order valence-electron chi connectivity index (χ4n) is 2.14. The number of aromatic hydroxyl groups is 2. The summed E-state index contributed by atoms with van der Waals surface area (Å²) in [5.41, 5.74) is 0.784. The molecule has 0 bridgehead atoms. The zero-order valence-electron chi connectivity index (χ0n) is 13.9. The number of phenols is 2. The van der Waals surface area contributed by atoms with Crippen molar-refractivity contribution in [2.75, 3.05) is 0 Å². The van der Waals surface area contributed by atoms with E-state index in [1.165, 1.54) is 10.6 Å². The molecule has 0 aliphatic heterocycles. The van der Waals surface area contributed by atoms with Crippen molar-refractivity contribution in [3.8, 4) is 11.5 Å². The van der Waals surface area contributed by atoms with Gasteiger partial charge in [0.05, 0.1) is 11.1 Å². The van der Waals surface area contributed by atoms with Crippen LogP contribution < -0.4 is 11.0 Å². The van der Waals surface area contributed by atoms with Gasteiger partial charge in [-0.1, -0.05) is 0 Å². The van der Waals surface area contributed by atoms with Gasteiger partial charge in [-0.05, 0) is 26.0 Å². The molecular formula is C16H16N4O6. The van der Waals surface area contributed by atoms with Crippen molar-refractivity contribution in [3.05, 3.63) is 62.1 Å². The van der Waals surface area contributed by atoms with E-state index in [2.05, 4.69) is 10.5 Å². The van der Waals surface area contributed by atoms with E-state index in [0.717, 1.165) is 18.3 Å². The first-order valence-electron chi connectivity index (χ1n) is 7.47. The minimum Gasteiger partial charge on any atom is -0.507 e. The van der Waals surface area contributed by atoms with Crippen LogP contribution in [0.5, 0.6) is 11.5 Å². The summed E-state index contributed by atoms with van der Waals surface area (Å²) in [5.74, 6) is -1.94. The first-order chi connectivity index (χ1) is 12.2. The van der Waals surface area contributed by atoms with Gasteiger partial charge >= 0.3 is 5.69 Å². The van der Waals surface area contributed by atoms with Crippen LogP contribution in [-0.2, 0) is 0 Å². The van der Waals surface area contributed by atoms with Crippen molar-refractivity contribution in [2.24, 2.45) is 5.10 Å². The molecule has 0 saturated heterocycles. The highest BCUT2D eigenvalue weighted by Crippen LogP contribution is 2.31. The maximum Gasteiger partial charge on any atom is 0.311 e. The molecule has 2 aromatic rings. The van der Waals surface area contributed by atoms with Gasteiger partial charge in [-0.25, -0.2) is 5.43 Å². The molecule has 0 spiro atoms. The van der Waals surface area contributed by atoms with Gasteiger partial charge in [0.15, 0.2) is 5.75 Å². The molecule has 1 aromatic carbocycles. The number of benzene rings is 1. The molecule has 10 heteroatoms. The molecule has 10 nitrogen and oxygen atoms in total. The van der Waals surface area contributed by atoms with Gasteiger partial charge in [-0.3, -0.25) is 19.7 Å². The summed E-state index contributed by atoms with van der Waals surface area (Å²) >= 11 is 0. The molecule has 0 saturated carbocycles. The lowest BCUT2D eigenvalue weighted by Gasteiger charge is -2.10. The number of hydrogen-bond donors (Lipinski definition) is 3. The first-order valence-corrected chi connectivity index (χ1v) is 7.47. The van der Waals surface area contributed by atoms with Crippen LogP contribution in [0.4, 0.5) is 5.69 Å². The SMILES string of the molecule is CC(C)n1cccc(C(=O)N/N=C\c2cc([N+](=O)[O-])c(O)cc2O)c1=O. The predicted molar refractivity (Wildman–Crippen MR) is 92.6 cm³/mol. The normalized spacial score (nSPS) is 11.0. The fourth-order valence-corrected chi connectivity index (χ4v) is 2.14. The van der Waals surface area contributed by atoms with Crippen LogP contribution in [0.3, 0.4) is 0 Å². The van der Waals surface area contributed by atoms with E-state index in [1.807, 2.05) is 0 Å². The van der Waals surface area contributed by atoms with E-state index < -0.39 is 33.6 Å². The number of phenolic OH excluding ortho intramolecular Hbond substituents is 2. The van der Waals surface area contributed by atoms with Crippen LogP contribution in [0.25, 0.3) is 0 Å². The summed E-state index contributed by atoms with van der Waals surface area (Å²) in [7, 11) is 0. The van der Waals surface area contributed by atoms with Crippen LogP contribution in [-0.4, -0.2) is 31.8 Å². The Morgan fingerprint density at radius 3 is 2.65 bits per heavy atom. The summed E-state index contributed by atoms with van der Waals surface area (Å²) in [6.45, 7) is 3.59. The van der Waals surface area contributed by atoms with Gasteiger partial charge in [-0.2, -0.15) is 5.10 Å². The molecule has 3 N–H and O–H groups in total. The van der Waals surface area contributed by atoms with E-state index in [-0.39, 0.29) is 17.2 Å². The van der Waals surface area contributed by atoms with Crippen molar-refractivity contribution in [1.29, 1.82) is 0 Å². The third-order valence-electron chi connectivity index (χ3n) is 3.47. The van der Waals surface area contributed by atoms with Crippen LogP contribution in [0.1, 0.15) is 35.8 Å². The lowest BCUT2D eigenvalue weighted by Crippen LogP contribution is -2.31. The summed E-state index contributed by atoms with van der Waals surface area (Å²) in [5, 5.41) is 33.5. The monoisotopic (exact) mass is 360 g/mol. The third kappa shape index (κ3) is 3.86. The first kappa shape index (κ1) is 18.6. The molecule has 26 heavy (non-hydrogen) atoms. The second-order valence-electron chi connectivity index (χ2n) is 5.58. The summed E-state index contributed by atoms with van der Waals surface area (Å²) in [6.07, 6.45) is 2.52. The molecule has 0 fully saturated rings. The number of carbonyl (C=O) groups excluding carboxylic acids is 1. The van der Waals surface area contributed by atoms with E-state index in [1.54, 1.807) is 26.1 Å². The van der Waals surface area contributed by atoms with Crippen molar-refractivity contribution < 1.29 is 19.9 Å². The van der Waals surface area contributed by atoms with Gasteiger partial charge in [0, 0.05) is 29.9 Å². The van der Waals surface area contributed by atoms with E-state index >= 15 is 0 Å². The van der Waals surface area contributed by atoms with E-state index in [4.69, 9.17) is 0 Å². The predicted octanol–water partition coefficient (Wildman–Crippen LogP) is 1.51. The number of aromatic nitrogens is 1. The van der Waals surface area contributed by atoms with Crippen molar-refractivity contribution in [1.82, 2.24) is 9.99 Å². The number of nitro benzene ring substituents is 1. The minimum absolute atomic E-state index is 0.0950. The van der Waals surface area contributed by atoms with Crippen LogP contribution in [0, 0.1) is 10.1 Å².